The largest absolute Gasteiger partial charge is 0.480 e. The standard InChI is InChI=1S/C16H23N5O4/c1-10(15(24)25)20-14(23)12(8-5-9-19-16(17)18)21-13(22)11-6-3-2-4-7-11/h2-4,6-7,10,12H,5,8-9H2,1H3,(H,20,23)(H,21,22)(H,24,25)(H4,17,18,19)/t10-,12-/m0/s1. The molecular weight excluding hydrogens is 326 g/mol. The summed E-state index contributed by atoms with van der Waals surface area (Å²) in [6.07, 6.45) is 0.694. The Hall–Kier alpha value is -3.10. The van der Waals surface area contributed by atoms with Crippen molar-refractivity contribution in [2.45, 2.75) is 31.8 Å². The third-order valence-electron chi connectivity index (χ3n) is 3.33. The van der Waals surface area contributed by atoms with Gasteiger partial charge in [0.05, 0.1) is 0 Å². The lowest BCUT2D eigenvalue weighted by Crippen LogP contribution is -2.50. The Bertz CT molecular complexity index is 629. The zero-order valence-electron chi connectivity index (χ0n) is 13.9. The number of hydrogen-bond donors (Lipinski definition) is 5. The Morgan fingerprint density at radius 3 is 2.36 bits per heavy atom. The maximum Gasteiger partial charge on any atom is 0.325 e. The fourth-order valence-electron chi connectivity index (χ4n) is 1.98. The maximum atomic E-state index is 12.3. The molecule has 0 aromatic heterocycles. The van der Waals surface area contributed by atoms with Gasteiger partial charge in [0.25, 0.3) is 5.91 Å². The van der Waals surface area contributed by atoms with Crippen molar-refractivity contribution in [2.75, 3.05) is 6.54 Å². The molecule has 25 heavy (non-hydrogen) atoms. The molecular formula is C16H23N5O4. The van der Waals surface area contributed by atoms with Crippen LogP contribution in [0.2, 0.25) is 0 Å². The summed E-state index contributed by atoms with van der Waals surface area (Å²) in [6, 6.07) is 6.44. The SMILES string of the molecule is C[C@H](NC(=O)[C@H](CCCN=C(N)N)NC(=O)c1ccccc1)C(=O)O. The minimum atomic E-state index is -1.16. The molecule has 0 saturated heterocycles. The summed E-state index contributed by atoms with van der Waals surface area (Å²) in [6.45, 7) is 1.64. The fourth-order valence-corrected chi connectivity index (χ4v) is 1.98. The van der Waals surface area contributed by atoms with Gasteiger partial charge < -0.3 is 27.2 Å². The predicted octanol–water partition coefficient (Wildman–Crippen LogP) is -0.572. The van der Waals surface area contributed by atoms with E-state index in [0.29, 0.717) is 18.5 Å². The zero-order valence-corrected chi connectivity index (χ0v) is 13.9. The topological polar surface area (TPSA) is 160 Å². The molecule has 0 aliphatic heterocycles. The summed E-state index contributed by atoms with van der Waals surface area (Å²) in [5.74, 6) is -2.23. The van der Waals surface area contributed by atoms with E-state index in [2.05, 4.69) is 15.6 Å². The Morgan fingerprint density at radius 2 is 1.80 bits per heavy atom. The average molecular weight is 349 g/mol. The van der Waals surface area contributed by atoms with Gasteiger partial charge in [0.15, 0.2) is 5.96 Å². The summed E-state index contributed by atoms with van der Waals surface area (Å²) in [7, 11) is 0. The van der Waals surface area contributed by atoms with Crippen molar-refractivity contribution in [1.82, 2.24) is 10.6 Å². The van der Waals surface area contributed by atoms with Gasteiger partial charge in [-0.25, -0.2) is 0 Å². The van der Waals surface area contributed by atoms with E-state index in [1.54, 1.807) is 30.3 Å². The number of nitrogens with zero attached hydrogens (tertiary/aromatic N) is 1. The van der Waals surface area contributed by atoms with Crippen LogP contribution in [-0.4, -0.2) is 47.5 Å². The highest BCUT2D eigenvalue weighted by atomic mass is 16.4. The minimum Gasteiger partial charge on any atom is -0.480 e. The number of carboxylic acids is 1. The molecule has 2 atom stereocenters. The van der Waals surface area contributed by atoms with Crippen LogP contribution in [0.5, 0.6) is 0 Å². The third kappa shape index (κ3) is 7.34. The highest BCUT2D eigenvalue weighted by Crippen LogP contribution is 2.04. The molecule has 1 aromatic carbocycles. The van der Waals surface area contributed by atoms with E-state index in [-0.39, 0.29) is 12.4 Å². The zero-order chi connectivity index (χ0) is 18.8. The molecule has 1 aromatic rings. The molecule has 0 aliphatic rings. The lowest BCUT2D eigenvalue weighted by Gasteiger charge is -2.19. The third-order valence-corrected chi connectivity index (χ3v) is 3.33. The molecule has 1 rings (SSSR count). The molecule has 0 spiro atoms. The molecule has 0 fully saturated rings. The number of carbonyl (C=O) groups is 3. The highest BCUT2D eigenvalue weighted by molar-refractivity contribution is 5.98. The van der Waals surface area contributed by atoms with Gasteiger partial charge in [-0.1, -0.05) is 18.2 Å². The quantitative estimate of drug-likeness (QED) is 0.228. The predicted molar refractivity (Wildman–Crippen MR) is 92.8 cm³/mol. The van der Waals surface area contributed by atoms with E-state index in [9.17, 15) is 14.4 Å². The first-order valence-corrected chi connectivity index (χ1v) is 7.75. The van der Waals surface area contributed by atoms with Crippen LogP contribution in [0.3, 0.4) is 0 Å². The van der Waals surface area contributed by atoms with Crippen LogP contribution < -0.4 is 22.1 Å². The van der Waals surface area contributed by atoms with E-state index in [1.165, 1.54) is 6.92 Å². The van der Waals surface area contributed by atoms with Gasteiger partial charge in [0.2, 0.25) is 5.91 Å². The van der Waals surface area contributed by atoms with E-state index in [0.717, 1.165) is 0 Å². The molecule has 0 radical (unpaired) electrons. The van der Waals surface area contributed by atoms with Crippen LogP contribution in [0.25, 0.3) is 0 Å². The Balaban J connectivity index is 2.75. The number of aliphatic carboxylic acids is 1. The lowest BCUT2D eigenvalue weighted by molar-refractivity contribution is -0.141. The van der Waals surface area contributed by atoms with Crippen molar-refractivity contribution in [1.29, 1.82) is 0 Å². The Morgan fingerprint density at radius 1 is 1.16 bits per heavy atom. The first-order chi connectivity index (χ1) is 11.8. The smallest absolute Gasteiger partial charge is 0.325 e. The number of amides is 2. The van der Waals surface area contributed by atoms with Gasteiger partial charge >= 0.3 is 5.97 Å². The second-order valence-corrected chi connectivity index (χ2v) is 5.41. The monoisotopic (exact) mass is 349 g/mol. The summed E-state index contributed by atoms with van der Waals surface area (Å²) in [4.78, 5) is 39.2. The minimum absolute atomic E-state index is 0.0613. The first kappa shape index (κ1) is 19.9. The molecule has 0 saturated carbocycles. The molecule has 0 heterocycles. The molecule has 9 heteroatoms. The first-order valence-electron chi connectivity index (χ1n) is 7.75. The second-order valence-electron chi connectivity index (χ2n) is 5.41. The van der Waals surface area contributed by atoms with E-state index >= 15 is 0 Å². The number of hydrogen-bond acceptors (Lipinski definition) is 4. The molecule has 9 nitrogen and oxygen atoms in total. The van der Waals surface area contributed by atoms with E-state index in [1.807, 2.05) is 0 Å². The average Bonchev–Trinajstić information content (AvgIpc) is 2.57. The number of benzene rings is 1. The van der Waals surface area contributed by atoms with Gasteiger partial charge in [0.1, 0.15) is 12.1 Å². The van der Waals surface area contributed by atoms with E-state index in [4.69, 9.17) is 16.6 Å². The van der Waals surface area contributed by atoms with Crippen LogP contribution in [0.15, 0.2) is 35.3 Å². The number of aliphatic imine (C=N–C) groups is 1. The van der Waals surface area contributed by atoms with Crippen molar-refractivity contribution in [3.8, 4) is 0 Å². The van der Waals surface area contributed by atoms with Crippen molar-refractivity contribution >= 4 is 23.7 Å². The molecule has 2 amide bonds. The molecule has 0 unspecified atom stereocenters. The van der Waals surface area contributed by atoms with Crippen molar-refractivity contribution in [3.05, 3.63) is 35.9 Å². The van der Waals surface area contributed by atoms with Gasteiger partial charge in [-0.05, 0) is 31.9 Å². The summed E-state index contributed by atoms with van der Waals surface area (Å²) < 4.78 is 0. The number of guanidine groups is 1. The van der Waals surface area contributed by atoms with Crippen molar-refractivity contribution in [3.63, 3.8) is 0 Å². The van der Waals surface area contributed by atoms with Crippen LogP contribution in [-0.2, 0) is 9.59 Å². The van der Waals surface area contributed by atoms with Crippen LogP contribution in [0.1, 0.15) is 30.1 Å². The number of nitrogens with two attached hydrogens (primary N) is 2. The van der Waals surface area contributed by atoms with Crippen molar-refractivity contribution in [2.24, 2.45) is 16.5 Å². The lowest BCUT2D eigenvalue weighted by atomic mass is 10.1. The fraction of sp³-hybridized carbons (Fsp3) is 0.375. The summed E-state index contributed by atoms with van der Waals surface area (Å²) in [5, 5.41) is 13.9. The second kappa shape index (κ2) is 9.91. The number of rotatable bonds is 9. The summed E-state index contributed by atoms with van der Waals surface area (Å²) in [5.41, 5.74) is 10.9. The Labute approximate surface area is 145 Å². The molecule has 0 aliphatic carbocycles. The molecule has 0 bridgehead atoms. The highest BCUT2D eigenvalue weighted by Gasteiger charge is 2.24. The van der Waals surface area contributed by atoms with Gasteiger partial charge in [0, 0.05) is 12.1 Å². The maximum absolute atomic E-state index is 12.3. The van der Waals surface area contributed by atoms with Crippen LogP contribution >= 0.6 is 0 Å². The number of carboxylic acid groups (broad SMARTS) is 1. The molecule has 136 valence electrons. The number of nitrogens with one attached hydrogen (secondary N) is 2. The van der Waals surface area contributed by atoms with E-state index < -0.39 is 29.9 Å². The van der Waals surface area contributed by atoms with Gasteiger partial charge in [-0.15, -0.1) is 0 Å². The van der Waals surface area contributed by atoms with Gasteiger partial charge in [-0.3, -0.25) is 19.4 Å². The van der Waals surface area contributed by atoms with Crippen molar-refractivity contribution < 1.29 is 19.5 Å². The van der Waals surface area contributed by atoms with Gasteiger partial charge in [-0.2, -0.15) is 0 Å². The molecule has 7 N–H and O–H groups in total. The van der Waals surface area contributed by atoms with Crippen LogP contribution in [0, 0.1) is 0 Å². The Kier molecular flexibility index (Phi) is 7.91. The summed E-state index contributed by atoms with van der Waals surface area (Å²) >= 11 is 0. The normalized spacial score (nSPS) is 12.5. The number of carbonyl (C=O) groups excluding carboxylic acids is 2. The van der Waals surface area contributed by atoms with Crippen LogP contribution in [0.4, 0.5) is 0 Å².